The molecule has 2 aromatic rings. The quantitative estimate of drug-likeness (QED) is 0.626. The minimum absolute atomic E-state index is 0.0906. The minimum Gasteiger partial charge on any atom is -0.324 e. The van der Waals surface area contributed by atoms with Gasteiger partial charge in [-0.2, -0.15) is 5.10 Å². The molecule has 22 heavy (non-hydrogen) atoms. The molecule has 0 aliphatic rings. The molecule has 0 spiro atoms. The van der Waals surface area contributed by atoms with E-state index in [2.05, 4.69) is 5.10 Å². The second kappa shape index (κ2) is 7.01. The van der Waals surface area contributed by atoms with Crippen LogP contribution in [0.1, 0.15) is 28.5 Å². The van der Waals surface area contributed by atoms with Crippen LogP contribution >= 0.6 is 7.60 Å². The van der Waals surface area contributed by atoms with Crippen molar-refractivity contribution >= 4 is 13.4 Å². The summed E-state index contributed by atoms with van der Waals surface area (Å²) in [6.07, 6.45) is 1.08. The van der Waals surface area contributed by atoms with Gasteiger partial charge < -0.3 is 9.42 Å². The number of ketones is 1. The van der Waals surface area contributed by atoms with E-state index < -0.39 is 19.5 Å². The van der Waals surface area contributed by atoms with Gasteiger partial charge >= 0.3 is 7.60 Å². The van der Waals surface area contributed by atoms with E-state index in [0.29, 0.717) is 17.8 Å². The van der Waals surface area contributed by atoms with Crippen LogP contribution in [0.2, 0.25) is 0 Å². The molecule has 0 saturated carbocycles. The third-order valence-corrected chi connectivity index (χ3v) is 4.46. The molecule has 1 atom stereocenters. The highest BCUT2D eigenvalue weighted by molar-refractivity contribution is 7.53. The smallest absolute Gasteiger partial charge is 0.324 e. The summed E-state index contributed by atoms with van der Waals surface area (Å²) in [5.41, 5.74) is 1.95. The normalized spacial score (nSPS) is 13.8. The van der Waals surface area contributed by atoms with Crippen molar-refractivity contribution in [1.29, 1.82) is 0 Å². The molecule has 6 nitrogen and oxygen atoms in total. The Balaban J connectivity index is 2.12. The van der Waals surface area contributed by atoms with E-state index in [-0.39, 0.29) is 6.61 Å². The van der Waals surface area contributed by atoms with Gasteiger partial charge in [0.1, 0.15) is 6.16 Å². The number of nitrogens with zero attached hydrogens (tertiary/aromatic N) is 2. The predicted molar refractivity (Wildman–Crippen MR) is 83.2 cm³/mol. The summed E-state index contributed by atoms with van der Waals surface area (Å²) in [6.45, 7) is 3.94. The zero-order chi connectivity index (χ0) is 16.2. The summed E-state index contributed by atoms with van der Waals surface area (Å²) in [4.78, 5) is 21.7. The van der Waals surface area contributed by atoms with Crippen LogP contribution in [0.25, 0.3) is 0 Å². The van der Waals surface area contributed by atoms with Crippen molar-refractivity contribution < 1.29 is 18.8 Å². The summed E-state index contributed by atoms with van der Waals surface area (Å²) >= 11 is 0. The van der Waals surface area contributed by atoms with Gasteiger partial charge in [-0.05, 0) is 19.4 Å². The Morgan fingerprint density at radius 3 is 2.68 bits per heavy atom. The van der Waals surface area contributed by atoms with Crippen LogP contribution in [-0.4, -0.2) is 33.2 Å². The molecule has 0 fully saturated rings. The van der Waals surface area contributed by atoms with Gasteiger partial charge in [0.25, 0.3) is 0 Å². The number of carbonyl (C=O) groups excluding carboxylic acids is 1. The lowest BCUT2D eigenvalue weighted by Gasteiger charge is -2.08. The Kier molecular flexibility index (Phi) is 5.29. The Labute approximate surface area is 129 Å². The van der Waals surface area contributed by atoms with E-state index in [1.165, 1.54) is 0 Å². The summed E-state index contributed by atoms with van der Waals surface area (Å²) in [7, 11) is -3.88. The van der Waals surface area contributed by atoms with E-state index in [9.17, 15) is 14.3 Å². The molecule has 0 bridgehead atoms. The van der Waals surface area contributed by atoms with Gasteiger partial charge in [0.2, 0.25) is 0 Å². The molecule has 1 heterocycles. The average molecular weight is 322 g/mol. The fourth-order valence-electron chi connectivity index (χ4n) is 2.16. The van der Waals surface area contributed by atoms with E-state index in [4.69, 9.17) is 4.52 Å². The summed E-state index contributed by atoms with van der Waals surface area (Å²) in [5.74, 6) is -0.434. The van der Waals surface area contributed by atoms with Crippen LogP contribution in [0.5, 0.6) is 0 Å². The van der Waals surface area contributed by atoms with Gasteiger partial charge in [-0.1, -0.05) is 30.3 Å². The topological polar surface area (TPSA) is 81.4 Å². The lowest BCUT2D eigenvalue weighted by Crippen LogP contribution is -2.08. The highest BCUT2D eigenvalue weighted by Gasteiger charge is 2.26. The van der Waals surface area contributed by atoms with Gasteiger partial charge in [0, 0.05) is 6.20 Å². The maximum absolute atomic E-state index is 12.2. The predicted octanol–water partition coefficient (Wildman–Crippen LogP) is 2.64. The van der Waals surface area contributed by atoms with Crippen molar-refractivity contribution in [2.75, 3.05) is 12.8 Å². The summed E-state index contributed by atoms with van der Waals surface area (Å²) in [6, 6.07) is 9.73. The lowest BCUT2D eigenvalue weighted by atomic mass is 10.2. The van der Waals surface area contributed by atoms with Gasteiger partial charge in [-0.25, -0.2) is 0 Å². The molecule has 0 aliphatic heterocycles. The maximum atomic E-state index is 12.2. The number of hydrogen-bond acceptors (Lipinski definition) is 4. The molecule has 0 radical (unpaired) electrons. The van der Waals surface area contributed by atoms with Crippen LogP contribution in [-0.2, 0) is 15.6 Å². The monoisotopic (exact) mass is 322 g/mol. The van der Waals surface area contributed by atoms with Crippen molar-refractivity contribution in [3.63, 3.8) is 0 Å². The van der Waals surface area contributed by atoms with Crippen molar-refractivity contribution in [3.05, 3.63) is 53.3 Å². The summed E-state index contributed by atoms with van der Waals surface area (Å²) in [5, 5.41) is 4.29. The third kappa shape index (κ3) is 4.37. The molecular formula is C15H19N2O4P. The highest BCUT2D eigenvalue weighted by atomic mass is 31.2. The van der Waals surface area contributed by atoms with Crippen LogP contribution in [0, 0.1) is 6.92 Å². The molecule has 0 aliphatic carbocycles. The van der Waals surface area contributed by atoms with Gasteiger partial charge in [0.05, 0.1) is 24.4 Å². The number of aromatic nitrogens is 2. The molecular weight excluding hydrogens is 303 g/mol. The number of carbonyl (C=O) groups is 1. The molecule has 7 heteroatoms. The second-order valence-electron chi connectivity index (χ2n) is 4.95. The first-order valence-electron chi connectivity index (χ1n) is 6.99. The maximum Gasteiger partial charge on any atom is 0.335 e. The van der Waals surface area contributed by atoms with E-state index >= 15 is 0 Å². The zero-order valence-electron chi connectivity index (χ0n) is 12.6. The van der Waals surface area contributed by atoms with E-state index in [0.717, 1.165) is 5.56 Å². The Morgan fingerprint density at radius 1 is 1.36 bits per heavy atom. The van der Waals surface area contributed by atoms with Crippen molar-refractivity contribution in [1.82, 2.24) is 9.78 Å². The number of hydrogen-bond donors (Lipinski definition) is 1. The number of benzene rings is 1. The van der Waals surface area contributed by atoms with Crippen LogP contribution in [0.15, 0.2) is 36.5 Å². The molecule has 0 saturated heterocycles. The highest BCUT2D eigenvalue weighted by Crippen LogP contribution is 2.42. The Morgan fingerprint density at radius 2 is 2.05 bits per heavy atom. The second-order valence-corrected chi connectivity index (χ2v) is 6.80. The molecule has 1 aromatic heterocycles. The molecule has 2 rings (SSSR count). The standard InChI is InChI=1S/C15H19N2O4P/c1-3-21-22(19,20)11-15(18)14-10-17(16-12(14)2)9-13-7-5-4-6-8-13/h4-8,10H,3,9,11H2,1-2H3,(H,19,20). The average Bonchev–Trinajstić information content (AvgIpc) is 2.80. The van der Waals surface area contributed by atoms with Crippen LogP contribution in [0.4, 0.5) is 0 Å². The fraction of sp³-hybridized carbons (Fsp3) is 0.333. The van der Waals surface area contributed by atoms with Crippen molar-refractivity contribution in [3.8, 4) is 0 Å². The SMILES string of the molecule is CCOP(=O)(O)CC(=O)c1cn(Cc2ccccc2)nc1C. The van der Waals surface area contributed by atoms with Crippen LogP contribution < -0.4 is 0 Å². The van der Waals surface area contributed by atoms with Gasteiger partial charge in [-0.3, -0.25) is 14.0 Å². The molecule has 1 unspecified atom stereocenters. The van der Waals surface area contributed by atoms with Gasteiger partial charge in [-0.15, -0.1) is 0 Å². The molecule has 118 valence electrons. The largest absolute Gasteiger partial charge is 0.335 e. The molecule has 0 amide bonds. The fourth-order valence-corrected chi connectivity index (χ4v) is 3.19. The zero-order valence-corrected chi connectivity index (χ0v) is 13.5. The third-order valence-electron chi connectivity index (χ3n) is 3.11. The van der Waals surface area contributed by atoms with Crippen molar-refractivity contribution in [2.24, 2.45) is 0 Å². The van der Waals surface area contributed by atoms with Crippen molar-refractivity contribution in [2.45, 2.75) is 20.4 Å². The number of aryl methyl sites for hydroxylation is 1. The first-order valence-corrected chi connectivity index (χ1v) is 8.75. The first kappa shape index (κ1) is 16.6. The first-order chi connectivity index (χ1) is 10.4. The molecule has 1 aromatic carbocycles. The number of Topliss-reactive ketones (excluding diaryl/α,β-unsaturated/α-hetero) is 1. The van der Waals surface area contributed by atoms with E-state index in [1.807, 2.05) is 30.3 Å². The molecule has 1 N–H and O–H groups in total. The Hall–Kier alpha value is -1.75. The Bertz CT molecular complexity index is 697. The number of rotatable bonds is 7. The lowest BCUT2D eigenvalue weighted by molar-refractivity contribution is 0.101. The van der Waals surface area contributed by atoms with Gasteiger partial charge in [0.15, 0.2) is 5.78 Å². The minimum atomic E-state index is -3.88. The van der Waals surface area contributed by atoms with E-state index in [1.54, 1.807) is 24.7 Å². The van der Waals surface area contributed by atoms with Crippen LogP contribution in [0.3, 0.4) is 0 Å². The summed E-state index contributed by atoms with van der Waals surface area (Å²) < 4.78 is 18.1.